The topological polar surface area (TPSA) is 41.6 Å². The number of amides is 1. The number of rotatable bonds is 9. The van der Waals surface area contributed by atoms with Crippen LogP contribution in [0.3, 0.4) is 0 Å². The summed E-state index contributed by atoms with van der Waals surface area (Å²) in [6.07, 6.45) is -4.08. The van der Waals surface area contributed by atoms with Gasteiger partial charge in [0.05, 0.1) is 11.3 Å². The van der Waals surface area contributed by atoms with Crippen molar-refractivity contribution >= 4 is 17.2 Å². The van der Waals surface area contributed by atoms with Crippen molar-refractivity contribution < 1.29 is 22.7 Å². The van der Waals surface area contributed by atoms with Crippen molar-refractivity contribution in [2.24, 2.45) is 0 Å². The van der Waals surface area contributed by atoms with E-state index < -0.39 is 17.7 Å². The lowest BCUT2D eigenvalue weighted by atomic mass is 10.1. The molecule has 2 rings (SSSR count). The average Bonchev–Trinajstić information content (AvgIpc) is 2.70. The van der Waals surface area contributed by atoms with E-state index in [2.05, 4.69) is 24.1 Å². The monoisotopic (exact) mass is 406 g/mol. The third-order valence-electron chi connectivity index (χ3n) is 4.37. The number of ether oxygens (including phenoxy) is 1. The summed E-state index contributed by atoms with van der Waals surface area (Å²) in [6, 6.07) is 13.9. The highest BCUT2D eigenvalue weighted by Crippen LogP contribution is 2.34. The molecule has 2 aromatic carbocycles. The zero-order chi connectivity index (χ0) is 21.3. The Morgan fingerprint density at radius 3 is 2.28 bits per heavy atom. The number of carbonyl (C=O) groups excluding carboxylic acids is 1. The number of hydrogen-bond donors (Lipinski definition) is 1. The van der Waals surface area contributed by atoms with Crippen LogP contribution in [0.4, 0.5) is 18.9 Å². The molecule has 29 heavy (non-hydrogen) atoms. The van der Waals surface area contributed by atoms with Crippen LogP contribution in [-0.4, -0.2) is 43.2 Å². The normalized spacial score (nSPS) is 12.1. The van der Waals surface area contributed by atoms with Crippen LogP contribution >= 0.6 is 0 Å². The van der Waals surface area contributed by atoms with Crippen molar-refractivity contribution in [1.82, 2.24) is 4.90 Å². The molecule has 0 bridgehead atoms. The van der Waals surface area contributed by atoms with Gasteiger partial charge in [-0.3, -0.25) is 4.79 Å². The highest BCUT2D eigenvalue weighted by atomic mass is 19.4. The van der Waals surface area contributed by atoms with E-state index in [1.165, 1.54) is 24.3 Å². The molecule has 0 aliphatic rings. The molecule has 0 atom stereocenters. The van der Waals surface area contributed by atoms with Crippen molar-refractivity contribution in [1.29, 1.82) is 0 Å². The molecule has 0 radical (unpaired) electrons. The van der Waals surface area contributed by atoms with Crippen LogP contribution in [0, 0.1) is 0 Å². The van der Waals surface area contributed by atoms with Gasteiger partial charge in [-0.25, -0.2) is 0 Å². The van der Waals surface area contributed by atoms with E-state index in [1.807, 2.05) is 0 Å². The van der Waals surface area contributed by atoms with Gasteiger partial charge in [-0.05, 0) is 30.8 Å². The van der Waals surface area contributed by atoms with Crippen LogP contribution < -0.4 is 10.1 Å². The molecule has 4 nitrogen and oxygen atoms in total. The van der Waals surface area contributed by atoms with Crippen molar-refractivity contribution in [2.45, 2.75) is 20.0 Å². The molecule has 0 aliphatic carbocycles. The SMILES string of the molecule is CCN(CC)CCOc1ccccc1NC(=O)/C=C(/c1ccccc1)C(F)(F)F. The number of likely N-dealkylation sites (N-methyl/N-ethyl adjacent to an activating group) is 1. The summed E-state index contributed by atoms with van der Waals surface area (Å²) in [7, 11) is 0. The first-order chi connectivity index (χ1) is 13.8. The molecular formula is C22H25F3N2O2. The summed E-state index contributed by atoms with van der Waals surface area (Å²) < 4.78 is 46.0. The number of allylic oxidation sites excluding steroid dienone is 1. The van der Waals surface area contributed by atoms with Crippen molar-refractivity contribution in [3.05, 3.63) is 66.2 Å². The molecule has 156 valence electrons. The van der Waals surface area contributed by atoms with E-state index >= 15 is 0 Å². The van der Waals surface area contributed by atoms with Crippen LogP contribution in [0.1, 0.15) is 19.4 Å². The lowest BCUT2D eigenvalue weighted by Crippen LogP contribution is -2.28. The summed E-state index contributed by atoms with van der Waals surface area (Å²) >= 11 is 0. The van der Waals surface area contributed by atoms with Gasteiger partial charge in [0.15, 0.2) is 0 Å². The summed E-state index contributed by atoms with van der Waals surface area (Å²) in [6.45, 7) is 7.00. The molecular weight excluding hydrogens is 381 g/mol. The predicted octanol–water partition coefficient (Wildman–Crippen LogP) is 4.99. The lowest BCUT2D eigenvalue weighted by molar-refractivity contribution is -0.112. The molecule has 2 aromatic rings. The summed E-state index contributed by atoms with van der Waals surface area (Å²) in [5.41, 5.74) is -0.752. The van der Waals surface area contributed by atoms with E-state index in [0.29, 0.717) is 30.7 Å². The molecule has 0 aromatic heterocycles. The van der Waals surface area contributed by atoms with Crippen LogP contribution in [0.5, 0.6) is 5.75 Å². The summed E-state index contributed by atoms with van der Waals surface area (Å²) in [5, 5.41) is 2.50. The Morgan fingerprint density at radius 1 is 1.03 bits per heavy atom. The van der Waals surface area contributed by atoms with Crippen molar-refractivity contribution in [2.75, 3.05) is 31.6 Å². The first-order valence-corrected chi connectivity index (χ1v) is 9.44. The van der Waals surface area contributed by atoms with Gasteiger partial charge in [0.1, 0.15) is 12.4 Å². The number of halogens is 3. The number of nitrogens with one attached hydrogen (secondary N) is 1. The van der Waals surface area contributed by atoms with Gasteiger partial charge in [0.2, 0.25) is 5.91 Å². The maximum atomic E-state index is 13.4. The molecule has 0 saturated carbocycles. The fraction of sp³-hybridized carbons (Fsp3) is 0.318. The van der Waals surface area contributed by atoms with E-state index in [-0.39, 0.29) is 5.56 Å². The number of carbonyl (C=O) groups is 1. The largest absolute Gasteiger partial charge is 0.490 e. The standard InChI is InChI=1S/C22H25F3N2O2/c1-3-27(4-2)14-15-29-20-13-9-8-12-19(20)26-21(28)16-18(22(23,24)25)17-10-6-5-7-11-17/h5-13,16H,3-4,14-15H2,1-2H3,(H,26,28)/b18-16-. The second-order valence-corrected chi connectivity index (χ2v) is 6.28. The van der Waals surface area contributed by atoms with E-state index in [4.69, 9.17) is 4.74 Å². The van der Waals surface area contributed by atoms with Gasteiger partial charge in [0.25, 0.3) is 0 Å². The number of anilines is 1. The predicted molar refractivity (Wildman–Crippen MR) is 109 cm³/mol. The number of nitrogens with zero attached hydrogens (tertiary/aromatic N) is 1. The smallest absolute Gasteiger partial charge is 0.417 e. The molecule has 0 aliphatic heterocycles. The van der Waals surface area contributed by atoms with Gasteiger partial charge in [-0.15, -0.1) is 0 Å². The quantitative estimate of drug-likeness (QED) is 0.597. The Bertz CT molecular complexity index is 816. The number of alkyl halides is 3. The van der Waals surface area contributed by atoms with Crippen molar-refractivity contribution in [3.63, 3.8) is 0 Å². The Kier molecular flexibility index (Phi) is 8.27. The number of benzene rings is 2. The molecule has 0 spiro atoms. The second-order valence-electron chi connectivity index (χ2n) is 6.28. The fourth-order valence-electron chi connectivity index (χ4n) is 2.77. The molecule has 0 saturated heterocycles. The summed E-state index contributed by atoms with van der Waals surface area (Å²) in [4.78, 5) is 14.5. The van der Waals surface area contributed by atoms with E-state index in [0.717, 1.165) is 13.1 Å². The average molecular weight is 406 g/mol. The van der Waals surface area contributed by atoms with E-state index in [9.17, 15) is 18.0 Å². The first kappa shape index (κ1) is 22.5. The van der Waals surface area contributed by atoms with Gasteiger partial charge >= 0.3 is 6.18 Å². The van der Waals surface area contributed by atoms with E-state index in [1.54, 1.807) is 30.3 Å². The van der Waals surface area contributed by atoms with Gasteiger partial charge in [0, 0.05) is 12.6 Å². The minimum atomic E-state index is -4.65. The molecule has 0 unspecified atom stereocenters. The molecule has 1 N–H and O–H groups in total. The van der Waals surface area contributed by atoms with Crippen molar-refractivity contribution in [3.8, 4) is 5.75 Å². The maximum absolute atomic E-state index is 13.4. The number of para-hydroxylation sites is 2. The Hall–Kier alpha value is -2.80. The van der Waals surface area contributed by atoms with Gasteiger partial charge in [-0.2, -0.15) is 13.2 Å². The third kappa shape index (κ3) is 6.94. The lowest BCUT2D eigenvalue weighted by Gasteiger charge is -2.19. The van der Waals surface area contributed by atoms with Crippen LogP contribution in [0.2, 0.25) is 0 Å². The third-order valence-corrected chi connectivity index (χ3v) is 4.37. The van der Waals surface area contributed by atoms with Crippen LogP contribution in [-0.2, 0) is 4.79 Å². The zero-order valence-electron chi connectivity index (χ0n) is 16.5. The molecule has 7 heteroatoms. The number of hydrogen-bond acceptors (Lipinski definition) is 3. The van der Waals surface area contributed by atoms with Crippen LogP contribution in [0.15, 0.2) is 60.7 Å². The highest BCUT2D eigenvalue weighted by molar-refractivity contribution is 6.05. The molecule has 0 heterocycles. The molecule has 0 fully saturated rings. The Balaban J connectivity index is 2.14. The summed E-state index contributed by atoms with van der Waals surface area (Å²) in [5.74, 6) is -0.462. The first-order valence-electron chi connectivity index (χ1n) is 9.44. The minimum absolute atomic E-state index is 0.0705. The Labute approximate surface area is 169 Å². The maximum Gasteiger partial charge on any atom is 0.417 e. The molecule has 1 amide bonds. The highest BCUT2D eigenvalue weighted by Gasteiger charge is 2.35. The fourth-order valence-corrected chi connectivity index (χ4v) is 2.77. The zero-order valence-corrected chi connectivity index (χ0v) is 16.5. The Morgan fingerprint density at radius 2 is 1.66 bits per heavy atom. The minimum Gasteiger partial charge on any atom is -0.490 e. The van der Waals surface area contributed by atoms with Gasteiger partial charge < -0.3 is 15.0 Å². The van der Waals surface area contributed by atoms with Crippen LogP contribution in [0.25, 0.3) is 5.57 Å². The second kappa shape index (κ2) is 10.7. The van der Waals surface area contributed by atoms with Gasteiger partial charge in [-0.1, -0.05) is 56.3 Å².